The maximum absolute atomic E-state index is 13.5. The number of nitrogens with one attached hydrogen (secondary N) is 2. The van der Waals surface area contributed by atoms with Gasteiger partial charge in [-0.25, -0.2) is 4.68 Å². The fraction of sp³-hybridized carbons (Fsp3) is 0.154. The number of benzene rings is 2. The number of rotatable bonds is 5. The van der Waals surface area contributed by atoms with Gasteiger partial charge < -0.3 is 15.5 Å². The fourth-order valence-corrected chi connectivity index (χ4v) is 4.41. The lowest BCUT2D eigenvalue weighted by atomic mass is 9.95. The highest BCUT2D eigenvalue weighted by Crippen LogP contribution is 2.38. The van der Waals surface area contributed by atoms with Gasteiger partial charge in [0.15, 0.2) is 5.82 Å². The van der Waals surface area contributed by atoms with Gasteiger partial charge in [-0.2, -0.15) is 4.98 Å². The van der Waals surface area contributed by atoms with E-state index < -0.39 is 6.04 Å². The van der Waals surface area contributed by atoms with Crippen LogP contribution in [-0.2, 0) is 4.79 Å². The van der Waals surface area contributed by atoms with Crippen LogP contribution in [0.1, 0.15) is 18.5 Å². The summed E-state index contributed by atoms with van der Waals surface area (Å²) in [6.07, 6.45) is 3.24. The number of allylic oxidation sites excluding steroid dienone is 1. The van der Waals surface area contributed by atoms with Crippen LogP contribution >= 0.6 is 23.2 Å². The van der Waals surface area contributed by atoms with E-state index in [1.807, 2.05) is 56.3 Å². The lowest BCUT2D eigenvalue weighted by Crippen LogP contribution is -2.31. The molecule has 3 heterocycles. The van der Waals surface area contributed by atoms with E-state index >= 15 is 0 Å². The van der Waals surface area contributed by atoms with Gasteiger partial charge in [-0.3, -0.25) is 9.78 Å². The van der Waals surface area contributed by atoms with Gasteiger partial charge in [-0.1, -0.05) is 29.3 Å². The number of carbonyl (C=O) groups excluding carboxylic acids is 1. The smallest absolute Gasteiger partial charge is 0.255 e. The van der Waals surface area contributed by atoms with Gasteiger partial charge >= 0.3 is 0 Å². The normalized spacial score (nSPS) is 14.8. The van der Waals surface area contributed by atoms with Crippen molar-refractivity contribution in [1.82, 2.24) is 19.7 Å². The standard InChI is InChI=1S/C26H23Cl2N7O/c1-15-22(25(36)31-18-5-4-12-29-14-18)23(17-8-11-20(27)21(28)13-17)35-26(30-15)32-24(33-35)16-6-9-19(10-7-16)34(2)3/h4-14,23H,1-3H3,(H,31,36)(H,30,32,33). The van der Waals surface area contributed by atoms with Crippen LogP contribution in [0.15, 0.2) is 78.3 Å². The predicted molar refractivity (Wildman–Crippen MR) is 144 cm³/mol. The molecule has 1 aliphatic rings. The molecule has 0 bridgehead atoms. The molecule has 1 atom stereocenters. The molecule has 0 fully saturated rings. The van der Waals surface area contributed by atoms with Crippen LogP contribution in [-0.4, -0.2) is 39.8 Å². The van der Waals surface area contributed by atoms with Crippen molar-refractivity contribution in [3.8, 4) is 11.4 Å². The molecule has 0 spiro atoms. The van der Waals surface area contributed by atoms with Gasteiger partial charge in [-0.15, -0.1) is 5.10 Å². The van der Waals surface area contributed by atoms with E-state index in [0.29, 0.717) is 38.8 Å². The van der Waals surface area contributed by atoms with Crippen molar-refractivity contribution in [2.75, 3.05) is 29.6 Å². The Kier molecular flexibility index (Phi) is 6.38. The van der Waals surface area contributed by atoms with Gasteiger partial charge in [0.1, 0.15) is 6.04 Å². The molecule has 2 aromatic heterocycles. The number of nitrogens with zero attached hydrogens (tertiary/aromatic N) is 5. The number of amides is 1. The molecular formula is C26H23Cl2N7O. The molecule has 10 heteroatoms. The Hall–Kier alpha value is -3.88. The van der Waals surface area contributed by atoms with E-state index in [4.69, 9.17) is 33.3 Å². The van der Waals surface area contributed by atoms with E-state index in [2.05, 4.69) is 15.6 Å². The first kappa shape index (κ1) is 23.8. The summed E-state index contributed by atoms with van der Waals surface area (Å²) < 4.78 is 1.71. The number of hydrogen-bond acceptors (Lipinski definition) is 6. The zero-order chi connectivity index (χ0) is 25.4. The first-order valence-corrected chi connectivity index (χ1v) is 12.0. The Morgan fingerprint density at radius 3 is 2.53 bits per heavy atom. The molecule has 5 rings (SSSR count). The average molecular weight is 520 g/mol. The lowest BCUT2D eigenvalue weighted by Gasteiger charge is -2.28. The number of aromatic nitrogens is 4. The highest BCUT2D eigenvalue weighted by atomic mass is 35.5. The van der Waals surface area contributed by atoms with Crippen LogP contribution in [0.2, 0.25) is 10.0 Å². The Labute approximate surface area is 218 Å². The monoisotopic (exact) mass is 519 g/mol. The summed E-state index contributed by atoms with van der Waals surface area (Å²) in [4.78, 5) is 24.4. The number of halogens is 2. The SMILES string of the molecule is CC1=C(C(=O)Nc2cccnc2)C(c2ccc(Cl)c(Cl)c2)n2nc(-c3ccc(N(C)C)cc3)nc2N1. The first-order chi connectivity index (χ1) is 17.3. The van der Waals surface area contributed by atoms with Gasteiger partial charge in [-0.05, 0) is 61.0 Å². The highest BCUT2D eigenvalue weighted by Gasteiger charge is 2.35. The van der Waals surface area contributed by atoms with Gasteiger partial charge in [0.2, 0.25) is 5.95 Å². The number of fused-ring (bicyclic) bond motifs is 1. The Morgan fingerprint density at radius 2 is 1.86 bits per heavy atom. The molecule has 182 valence electrons. The molecule has 0 aliphatic carbocycles. The zero-order valence-corrected chi connectivity index (χ0v) is 21.3. The summed E-state index contributed by atoms with van der Waals surface area (Å²) in [6.45, 7) is 1.84. The average Bonchev–Trinajstić information content (AvgIpc) is 3.29. The third-order valence-electron chi connectivity index (χ3n) is 5.92. The van der Waals surface area contributed by atoms with E-state index in [1.54, 1.807) is 41.3 Å². The van der Waals surface area contributed by atoms with Crippen molar-refractivity contribution in [3.63, 3.8) is 0 Å². The molecule has 36 heavy (non-hydrogen) atoms. The van der Waals surface area contributed by atoms with Crippen LogP contribution in [0.25, 0.3) is 11.4 Å². The quantitative estimate of drug-likeness (QED) is 0.354. The van der Waals surface area contributed by atoms with Crippen LogP contribution in [0, 0.1) is 0 Å². The van der Waals surface area contributed by atoms with Crippen molar-refractivity contribution in [2.45, 2.75) is 13.0 Å². The molecule has 2 aromatic carbocycles. The zero-order valence-electron chi connectivity index (χ0n) is 19.8. The summed E-state index contributed by atoms with van der Waals surface area (Å²) in [5.41, 5.74) is 4.40. The van der Waals surface area contributed by atoms with Crippen molar-refractivity contribution in [1.29, 1.82) is 0 Å². The Balaban J connectivity index is 1.59. The van der Waals surface area contributed by atoms with Crippen molar-refractivity contribution in [2.24, 2.45) is 0 Å². The largest absolute Gasteiger partial charge is 0.378 e. The minimum absolute atomic E-state index is 0.290. The van der Waals surface area contributed by atoms with Crippen LogP contribution in [0.4, 0.5) is 17.3 Å². The second-order valence-corrected chi connectivity index (χ2v) is 9.39. The maximum atomic E-state index is 13.5. The molecule has 0 saturated heterocycles. The molecule has 1 aliphatic heterocycles. The predicted octanol–water partition coefficient (Wildman–Crippen LogP) is 5.64. The van der Waals surface area contributed by atoms with E-state index in [-0.39, 0.29) is 5.91 Å². The molecular weight excluding hydrogens is 497 g/mol. The van der Waals surface area contributed by atoms with Crippen molar-refractivity contribution >= 4 is 46.4 Å². The molecule has 2 N–H and O–H groups in total. The molecule has 0 saturated carbocycles. The van der Waals surface area contributed by atoms with E-state index in [1.165, 1.54) is 0 Å². The van der Waals surface area contributed by atoms with Crippen molar-refractivity contribution < 1.29 is 4.79 Å². The van der Waals surface area contributed by atoms with Crippen LogP contribution in [0.5, 0.6) is 0 Å². The Morgan fingerprint density at radius 1 is 1.08 bits per heavy atom. The number of carbonyl (C=O) groups is 1. The maximum Gasteiger partial charge on any atom is 0.255 e. The summed E-state index contributed by atoms with van der Waals surface area (Å²) in [5, 5.41) is 11.8. The molecule has 1 amide bonds. The number of anilines is 3. The van der Waals surface area contributed by atoms with E-state index in [0.717, 1.165) is 16.8 Å². The van der Waals surface area contributed by atoms with Crippen molar-refractivity contribution in [3.05, 3.63) is 93.9 Å². The molecule has 0 radical (unpaired) electrons. The summed E-state index contributed by atoms with van der Waals surface area (Å²) in [7, 11) is 3.97. The first-order valence-electron chi connectivity index (χ1n) is 11.2. The number of pyridine rings is 1. The minimum Gasteiger partial charge on any atom is -0.378 e. The van der Waals surface area contributed by atoms with E-state index in [9.17, 15) is 4.79 Å². The lowest BCUT2D eigenvalue weighted by molar-refractivity contribution is -0.113. The van der Waals surface area contributed by atoms with Gasteiger partial charge in [0, 0.05) is 37.2 Å². The molecule has 1 unspecified atom stereocenters. The number of hydrogen-bond donors (Lipinski definition) is 2. The Bertz CT molecular complexity index is 1460. The van der Waals surface area contributed by atoms with Gasteiger partial charge in [0.25, 0.3) is 5.91 Å². The topological polar surface area (TPSA) is 88.0 Å². The highest BCUT2D eigenvalue weighted by molar-refractivity contribution is 6.42. The molecule has 4 aromatic rings. The molecule has 8 nitrogen and oxygen atoms in total. The van der Waals surface area contributed by atoms with Crippen LogP contribution < -0.4 is 15.5 Å². The second kappa shape index (κ2) is 9.64. The van der Waals surface area contributed by atoms with Gasteiger partial charge in [0.05, 0.1) is 27.5 Å². The fourth-order valence-electron chi connectivity index (χ4n) is 4.10. The minimum atomic E-state index is -0.588. The summed E-state index contributed by atoms with van der Waals surface area (Å²) in [6, 6.07) is 16.2. The summed E-state index contributed by atoms with van der Waals surface area (Å²) >= 11 is 12.6. The third-order valence-corrected chi connectivity index (χ3v) is 6.66. The third kappa shape index (κ3) is 4.53. The summed E-state index contributed by atoms with van der Waals surface area (Å²) in [5.74, 6) is 0.768. The second-order valence-electron chi connectivity index (χ2n) is 8.58. The van der Waals surface area contributed by atoms with Crippen LogP contribution in [0.3, 0.4) is 0 Å².